The first kappa shape index (κ1) is 10.6. The zero-order valence-corrected chi connectivity index (χ0v) is 9.48. The van der Waals surface area contributed by atoms with Crippen molar-refractivity contribution >= 4 is 5.91 Å². The van der Waals surface area contributed by atoms with Crippen LogP contribution in [0.5, 0.6) is 0 Å². The molecule has 1 heterocycles. The predicted octanol–water partition coefficient (Wildman–Crippen LogP) is 2.43. The van der Waals surface area contributed by atoms with Crippen molar-refractivity contribution in [2.24, 2.45) is 5.41 Å². The van der Waals surface area contributed by atoms with Gasteiger partial charge in [0.2, 0.25) is 5.91 Å². The number of nitrogens with zero attached hydrogens (tertiary/aromatic N) is 1. The van der Waals surface area contributed by atoms with Crippen molar-refractivity contribution < 1.29 is 4.79 Å². The Bertz CT molecular complexity index is 226. The molecule has 0 N–H and O–H groups in total. The minimum absolute atomic E-state index is 0.0909. The first-order valence-corrected chi connectivity index (χ1v) is 5.22. The molecule has 13 heavy (non-hydrogen) atoms. The Labute approximate surface area is 81.3 Å². The minimum atomic E-state index is -0.113. The Morgan fingerprint density at radius 1 is 1.31 bits per heavy atom. The van der Waals surface area contributed by atoms with E-state index in [1.165, 1.54) is 0 Å². The number of β-lactam (4-membered cyclic amide) rings is 1. The van der Waals surface area contributed by atoms with Gasteiger partial charge in [-0.25, -0.2) is 0 Å². The maximum Gasteiger partial charge on any atom is 0.231 e. The van der Waals surface area contributed by atoms with Crippen LogP contribution in [0.3, 0.4) is 0 Å². The fourth-order valence-electron chi connectivity index (χ4n) is 2.60. The molecule has 2 heteroatoms. The van der Waals surface area contributed by atoms with Crippen molar-refractivity contribution in [2.45, 2.75) is 52.5 Å². The van der Waals surface area contributed by atoms with Gasteiger partial charge in [-0.1, -0.05) is 20.3 Å². The minimum Gasteiger partial charge on any atom is -0.339 e. The lowest BCUT2D eigenvalue weighted by molar-refractivity contribution is -0.185. The quantitative estimate of drug-likeness (QED) is 0.615. The summed E-state index contributed by atoms with van der Waals surface area (Å²) in [6.45, 7) is 8.60. The highest BCUT2D eigenvalue weighted by Crippen LogP contribution is 2.51. The zero-order valence-electron chi connectivity index (χ0n) is 9.48. The van der Waals surface area contributed by atoms with Crippen LogP contribution in [0.25, 0.3) is 0 Å². The number of carbonyl (C=O) groups is 1. The van der Waals surface area contributed by atoms with Crippen LogP contribution in [0.15, 0.2) is 0 Å². The summed E-state index contributed by atoms with van der Waals surface area (Å²) in [5, 5.41) is 0. The Balaban J connectivity index is 2.90. The summed E-state index contributed by atoms with van der Waals surface area (Å²) in [6.07, 6.45) is 3.20. The van der Waals surface area contributed by atoms with Gasteiger partial charge in [0.25, 0.3) is 0 Å². The number of amides is 1. The van der Waals surface area contributed by atoms with Crippen molar-refractivity contribution in [3.05, 3.63) is 0 Å². The number of rotatable bonds is 3. The molecule has 2 nitrogen and oxygen atoms in total. The van der Waals surface area contributed by atoms with Gasteiger partial charge in [-0.2, -0.15) is 0 Å². The molecule has 0 saturated carbocycles. The average molecular weight is 183 g/mol. The van der Waals surface area contributed by atoms with E-state index in [1.54, 1.807) is 0 Å². The molecule has 1 aliphatic heterocycles. The summed E-state index contributed by atoms with van der Waals surface area (Å²) in [5.74, 6) is 0.311. The van der Waals surface area contributed by atoms with Crippen LogP contribution in [0.2, 0.25) is 0 Å². The number of hydrogen-bond acceptors (Lipinski definition) is 1. The van der Waals surface area contributed by atoms with Gasteiger partial charge < -0.3 is 4.90 Å². The molecule has 2 unspecified atom stereocenters. The standard InChI is InChI=1S/C11H21NO/c1-6-8-11(4)10(3,7-2)9(13)12(11)5/h6-8H2,1-5H3. The summed E-state index contributed by atoms with van der Waals surface area (Å²) in [4.78, 5) is 13.6. The SMILES string of the molecule is CCCC1(C)N(C)C(=O)C1(C)CC. The van der Waals surface area contributed by atoms with E-state index < -0.39 is 0 Å². The van der Waals surface area contributed by atoms with Crippen LogP contribution in [0.1, 0.15) is 47.0 Å². The van der Waals surface area contributed by atoms with E-state index in [9.17, 15) is 4.79 Å². The highest BCUT2D eigenvalue weighted by atomic mass is 16.2. The molecule has 0 bridgehead atoms. The molecule has 0 aliphatic carbocycles. The van der Waals surface area contributed by atoms with Crippen LogP contribution >= 0.6 is 0 Å². The Hall–Kier alpha value is -0.530. The molecular weight excluding hydrogens is 162 g/mol. The lowest BCUT2D eigenvalue weighted by atomic mass is 9.59. The van der Waals surface area contributed by atoms with Gasteiger partial charge >= 0.3 is 0 Å². The lowest BCUT2D eigenvalue weighted by Gasteiger charge is -2.61. The Morgan fingerprint density at radius 2 is 1.85 bits per heavy atom. The molecule has 1 amide bonds. The number of carbonyl (C=O) groups excluding carboxylic acids is 1. The summed E-state index contributed by atoms with van der Waals surface area (Å²) in [5.41, 5.74) is -0.0225. The molecule has 76 valence electrons. The van der Waals surface area contributed by atoms with Crippen molar-refractivity contribution in [3.8, 4) is 0 Å². The first-order chi connectivity index (χ1) is 5.94. The third-order valence-corrected chi connectivity index (χ3v) is 4.15. The van der Waals surface area contributed by atoms with Crippen LogP contribution < -0.4 is 0 Å². The van der Waals surface area contributed by atoms with Crippen molar-refractivity contribution in [2.75, 3.05) is 7.05 Å². The topological polar surface area (TPSA) is 20.3 Å². The van der Waals surface area contributed by atoms with E-state index in [0.717, 1.165) is 19.3 Å². The predicted molar refractivity (Wildman–Crippen MR) is 54.5 cm³/mol. The normalized spacial score (nSPS) is 39.2. The van der Waals surface area contributed by atoms with Crippen LogP contribution in [-0.4, -0.2) is 23.4 Å². The van der Waals surface area contributed by atoms with Crippen LogP contribution in [0, 0.1) is 5.41 Å². The highest BCUT2D eigenvalue weighted by Gasteiger charge is 2.62. The van der Waals surface area contributed by atoms with Crippen LogP contribution in [-0.2, 0) is 4.79 Å². The largest absolute Gasteiger partial charge is 0.339 e. The van der Waals surface area contributed by atoms with E-state index in [1.807, 2.05) is 11.9 Å². The Morgan fingerprint density at radius 3 is 2.23 bits per heavy atom. The van der Waals surface area contributed by atoms with E-state index in [4.69, 9.17) is 0 Å². The maximum absolute atomic E-state index is 11.7. The smallest absolute Gasteiger partial charge is 0.231 e. The highest BCUT2D eigenvalue weighted by molar-refractivity contribution is 5.91. The average Bonchev–Trinajstić information content (AvgIpc) is 2.14. The third kappa shape index (κ3) is 1.04. The summed E-state index contributed by atoms with van der Waals surface area (Å²) in [7, 11) is 1.93. The van der Waals surface area contributed by atoms with E-state index in [0.29, 0.717) is 5.91 Å². The molecule has 2 atom stereocenters. The zero-order chi connectivity index (χ0) is 10.3. The van der Waals surface area contributed by atoms with Gasteiger partial charge in [-0.15, -0.1) is 0 Å². The van der Waals surface area contributed by atoms with E-state index in [-0.39, 0.29) is 11.0 Å². The van der Waals surface area contributed by atoms with Gasteiger partial charge in [-0.3, -0.25) is 4.79 Å². The second-order valence-electron chi connectivity index (χ2n) is 4.57. The van der Waals surface area contributed by atoms with Gasteiger partial charge in [0.1, 0.15) is 0 Å². The number of hydrogen-bond donors (Lipinski definition) is 0. The first-order valence-electron chi connectivity index (χ1n) is 5.22. The fourth-order valence-corrected chi connectivity index (χ4v) is 2.60. The molecule has 0 aromatic heterocycles. The molecule has 1 rings (SSSR count). The third-order valence-electron chi connectivity index (χ3n) is 4.15. The molecular formula is C11H21NO. The molecule has 1 saturated heterocycles. The molecule has 0 aromatic carbocycles. The molecule has 0 radical (unpaired) electrons. The monoisotopic (exact) mass is 183 g/mol. The molecule has 1 fully saturated rings. The van der Waals surface area contributed by atoms with Crippen molar-refractivity contribution in [1.29, 1.82) is 0 Å². The van der Waals surface area contributed by atoms with Crippen LogP contribution in [0.4, 0.5) is 0 Å². The summed E-state index contributed by atoms with van der Waals surface area (Å²) in [6, 6.07) is 0. The second kappa shape index (κ2) is 3.00. The maximum atomic E-state index is 11.7. The lowest BCUT2D eigenvalue weighted by Crippen LogP contribution is -2.73. The molecule has 0 spiro atoms. The van der Waals surface area contributed by atoms with E-state index >= 15 is 0 Å². The van der Waals surface area contributed by atoms with Gasteiger partial charge in [0, 0.05) is 7.05 Å². The van der Waals surface area contributed by atoms with Gasteiger partial charge in [0.05, 0.1) is 11.0 Å². The second-order valence-corrected chi connectivity index (χ2v) is 4.57. The molecule has 0 aromatic rings. The molecule has 1 aliphatic rings. The summed E-state index contributed by atoms with van der Waals surface area (Å²) < 4.78 is 0. The van der Waals surface area contributed by atoms with E-state index in [2.05, 4.69) is 27.7 Å². The fraction of sp³-hybridized carbons (Fsp3) is 0.909. The summed E-state index contributed by atoms with van der Waals surface area (Å²) >= 11 is 0. The number of likely N-dealkylation sites (tertiary alicyclic amines) is 1. The van der Waals surface area contributed by atoms with Gasteiger partial charge in [-0.05, 0) is 26.7 Å². The Kier molecular flexibility index (Phi) is 2.44. The van der Waals surface area contributed by atoms with Gasteiger partial charge in [0.15, 0.2) is 0 Å². The van der Waals surface area contributed by atoms with Crippen molar-refractivity contribution in [1.82, 2.24) is 4.90 Å². The van der Waals surface area contributed by atoms with Crippen molar-refractivity contribution in [3.63, 3.8) is 0 Å².